The van der Waals surface area contributed by atoms with Crippen molar-refractivity contribution in [3.8, 4) is 5.69 Å². The minimum atomic E-state index is -0.517. The maximum absolute atomic E-state index is 13.3. The zero-order valence-corrected chi connectivity index (χ0v) is 18.2. The van der Waals surface area contributed by atoms with E-state index < -0.39 is 9.85 Å². The van der Waals surface area contributed by atoms with E-state index in [0.717, 1.165) is 0 Å². The predicted octanol–water partition coefficient (Wildman–Crippen LogP) is 3.01. The van der Waals surface area contributed by atoms with E-state index in [1.165, 1.54) is 35.0 Å². The monoisotopic (exact) mass is 471 g/mol. The largest absolute Gasteiger partial charge is 0.367 e. The molecule has 1 fully saturated rings. The lowest BCUT2D eigenvalue weighted by Crippen LogP contribution is -2.49. The molecule has 0 saturated carbocycles. The number of aryl methyl sites for hydroxylation is 1. The van der Waals surface area contributed by atoms with Crippen LogP contribution in [0.1, 0.15) is 16.2 Å². The molecule has 1 saturated heterocycles. The zero-order valence-electron chi connectivity index (χ0n) is 17.4. The third-order valence-corrected chi connectivity index (χ3v) is 5.68. The molecule has 0 radical (unpaired) electrons. The fourth-order valence-corrected chi connectivity index (χ4v) is 3.98. The Bertz CT molecular complexity index is 1250. The second-order valence-corrected chi connectivity index (χ2v) is 7.79. The van der Waals surface area contributed by atoms with Gasteiger partial charge in [0.25, 0.3) is 17.3 Å². The summed E-state index contributed by atoms with van der Waals surface area (Å²) in [4.78, 5) is 37.9. The predicted molar refractivity (Wildman–Crippen MR) is 119 cm³/mol. The summed E-state index contributed by atoms with van der Waals surface area (Å²) in [6.07, 6.45) is 0. The number of benzene rings is 2. The van der Waals surface area contributed by atoms with Gasteiger partial charge in [-0.15, -0.1) is 5.10 Å². The number of piperazine rings is 1. The van der Waals surface area contributed by atoms with E-state index in [4.69, 9.17) is 11.6 Å². The Morgan fingerprint density at radius 1 is 1.00 bits per heavy atom. The minimum Gasteiger partial charge on any atom is -0.367 e. The molecule has 33 heavy (non-hydrogen) atoms. The summed E-state index contributed by atoms with van der Waals surface area (Å²) >= 11 is 6.24. The van der Waals surface area contributed by atoms with Gasteiger partial charge in [0.05, 0.1) is 31.9 Å². The fraction of sp³-hybridized carbons (Fsp3) is 0.250. The number of hydrogen-bond donors (Lipinski definition) is 0. The van der Waals surface area contributed by atoms with Crippen molar-refractivity contribution in [2.24, 2.45) is 0 Å². The molecule has 0 atom stereocenters. The average Bonchev–Trinajstić information content (AvgIpc) is 3.20. The van der Waals surface area contributed by atoms with Gasteiger partial charge in [-0.25, -0.2) is 4.68 Å². The van der Waals surface area contributed by atoms with Gasteiger partial charge in [-0.05, 0) is 19.1 Å². The van der Waals surface area contributed by atoms with E-state index in [2.05, 4.69) is 10.3 Å². The number of nitro groups is 2. The minimum absolute atomic E-state index is 0.0880. The summed E-state index contributed by atoms with van der Waals surface area (Å²) in [6.45, 7) is 3.36. The summed E-state index contributed by atoms with van der Waals surface area (Å²) in [7, 11) is 0. The first-order valence-corrected chi connectivity index (χ1v) is 10.3. The first kappa shape index (κ1) is 22.1. The fourth-order valence-electron chi connectivity index (χ4n) is 3.69. The Labute approximate surface area is 192 Å². The molecule has 0 aliphatic carbocycles. The highest BCUT2D eigenvalue weighted by Crippen LogP contribution is 2.30. The van der Waals surface area contributed by atoms with Crippen molar-refractivity contribution >= 4 is 34.6 Å². The lowest BCUT2D eigenvalue weighted by molar-refractivity contribution is -0.385. The average molecular weight is 472 g/mol. The lowest BCUT2D eigenvalue weighted by Gasteiger charge is -2.36. The van der Waals surface area contributed by atoms with E-state index in [-0.39, 0.29) is 28.0 Å². The topological polar surface area (TPSA) is 141 Å². The van der Waals surface area contributed by atoms with Crippen molar-refractivity contribution in [1.29, 1.82) is 0 Å². The van der Waals surface area contributed by atoms with Gasteiger partial charge in [0.1, 0.15) is 0 Å². The molecule has 1 aliphatic rings. The molecule has 0 unspecified atom stereocenters. The molecular weight excluding hydrogens is 454 g/mol. The molecule has 1 aliphatic heterocycles. The summed E-state index contributed by atoms with van der Waals surface area (Å²) in [6, 6.07) is 10.1. The van der Waals surface area contributed by atoms with Crippen LogP contribution in [0.25, 0.3) is 5.69 Å². The number of hydrogen-bond acceptors (Lipinski definition) is 8. The van der Waals surface area contributed by atoms with Gasteiger partial charge < -0.3 is 9.80 Å². The number of anilines is 1. The van der Waals surface area contributed by atoms with Crippen molar-refractivity contribution in [1.82, 2.24) is 19.9 Å². The standard InChI is InChI=1S/C20H18ClN7O5/c1-13-19(26(23-22-13)14-3-2-4-15(11-14)27(30)31)20(29)25-9-7-24(8-10-25)18-6-5-16(28(32)33)12-17(18)21/h2-6,11-12H,7-10H2,1H3. The van der Waals surface area contributed by atoms with Crippen LogP contribution in [-0.4, -0.2) is 61.8 Å². The smallest absolute Gasteiger partial charge is 0.274 e. The summed E-state index contributed by atoms with van der Waals surface area (Å²) in [5, 5.41) is 30.3. The quantitative estimate of drug-likeness (QED) is 0.408. The van der Waals surface area contributed by atoms with Crippen LogP contribution in [0.15, 0.2) is 42.5 Å². The third kappa shape index (κ3) is 4.32. The van der Waals surface area contributed by atoms with Gasteiger partial charge in [-0.3, -0.25) is 25.0 Å². The van der Waals surface area contributed by atoms with Crippen LogP contribution in [0.5, 0.6) is 0 Å². The van der Waals surface area contributed by atoms with Gasteiger partial charge in [0, 0.05) is 50.4 Å². The number of carbonyl (C=O) groups is 1. The number of non-ortho nitro benzene ring substituents is 2. The molecule has 0 spiro atoms. The Kier molecular flexibility index (Phi) is 5.92. The summed E-state index contributed by atoms with van der Waals surface area (Å²) < 4.78 is 1.31. The van der Waals surface area contributed by atoms with E-state index in [9.17, 15) is 25.0 Å². The number of halogens is 1. The second-order valence-electron chi connectivity index (χ2n) is 7.38. The van der Waals surface area contributed by atoms with E-state index >= 15 is 0 Å². The van der Waals surface area contributed by atoms with Gasteiger partial charge in [-0.1, -0.05) is 22.9 Å². The number of nitrogens with zero attached hydrogens (tertiary/aromatic N) is 7. The molecule has 1 aromatic heterocycles. The van der Waals surface area contributed by atoms with Gasteiger partial charge in [-0.2, -0.15) is 0 Å². The highest BCUT2D eigenvalue weighted by molar-refractivity contribution is 6.33. The van der Waals surface area contributed by atoms with Crippen molar-refractivity contribution in [3.63, 3.8) is 0 Å². The van der Waals surface area contributed by atoms with E-state index in [1.807, 2.05) is 4.90 Å². The molecule has 4 rings (SSSR count). The van der Waals surface area contributed by atoms with Crippen molar-refractivity contribution in [2.45, 2.75) is 6.92 Å². The molecule has 0 N–H and O–H groups in total. The van der Waals surface area contributed by atoms with Crippen molar-refractivity contribution in [3.05, 3.63) is 79.1 Å². The van der Waals surface area contributed by atoms with E-state index in [1.54, 1.807) is 24.0 Å². The van der Waals surface area contributed by atoms with Gasteiger partial charge in [0.15, 0.2) is 5.69 Å². The third-order valence-electron chi connectivity index (χ3n) is 5.38. The first-order valence-electron chi connectivity index (χ1n) is 9.91. The van der Waals surface area contributed by atoms with Crippen LogP contribution in [0.3, 0.4) is 0 Å². The first-order chi connectivity index (χ1) is 15.8. The van der Waals surface area contributed by atoms with Crippen LogP contribution < -0.4 is 4.90 Å². The Hall–Kier alpha value is -4.06. The Morgan fingerprint density at radius 2 is 1.67 bits per heavy atom. The summed E-state index contributed by atoms with van der Waals surface area (Å²) in [5.41, 5.74) is 1.46. The molecule has 2 heterocycles. The molecule has 12 nitrogen and oxygen atoms in total. The SMILES string of the molecule is Cc1nnn(-c2cccc([N+](=O)[O-])c2)c1C(=O)N1CCN(c2ccc([N+](=O)[O-])cc2Cl)CC1. The lowest BCUT2D eigenvalue weighted by atomic mass is 10.2. The number of aromatic nitrogens is 3. The number of rotatable bonds is 5. The molecular formula is C20H18ClN7O5. The van der Waals surface area contributed by atoms with Gasteiger partial charge in [0.2, 0.25) is 0 Å². The molecule has 170 valence electrons. The summed E-state index contributed by atoms with van der Waals surface area (Å²) in [5.74, 6) is -0.293. The molecule has 3 aromatic rings. The Balaban J connectivity index is 1.52. The molecule has 0 bridgehead atoms. The maximum atomic E-state index is 13.3. The Morgan fingerprint density at radius 3 is 2.30 bits per heavy atom. The number of carbonyl (C=O) groups excluding carboxylic acids is 1. The normalized spacial score (nSPS) is 13.8. The number of amides is 1. The molecule has 1 amide bonds. The van der Waals surface area contributed by atoms with Crippen LogP contribution in [0, 0.1) is 27.2 Å². The highest BCUT2D eigenvalue weighted by atomic mass is 35.5. The zero-order chi connectivity index (χ0) is 23.7. The number of nitro benzene ring substituents is 2. The van der Waals surface area contributed by atoms with Gasteiger partial charge >= 0.3 is 0 Å². The molecule has 13 heteroatoms. The van der Waals surface area contributed by atoms with Crippen LogP contribution in [0.4, 0.5) is 17.1 Å². The van der Waals surface area contributed by atoms with Crippen LogP contribution in [-0.2, 0) is 0 Å². The van der Waals surface area contributed by atoms with Crippen molar-refractivity contribution < 1.29 is 14.6 Å². The highest BCUT2D eigenvalue weighted by Gasteiger charge is 2.28. The van der Waals surface area contributed by atoms with Crippen LogP contribution >= 0.6 is 11.6 Å². The van der Waals surface area contributed by atoms with Crippen LogP contribution in [0.2, 0.25) is 5.02 Å². The second kappa shape index (κ2) is 8.82. The van der Waals surface area contributed by atoms with E-state index in [0.29, 0.717) is 43.2 Å². The van der Waals surface area contributed by atoms with Crippen molar-refractivity contribution in [2.75, 3.05) is 31.1 Å². The molecule has 2 aromatic carbocycles. The maximum Gasteiger partial charge on any atom is 0.274 e.